The molecule has 0 fully saturated rings. The van der Waals surface area contributed by atoms with E-state index in [1.165, 1.54) is 6.07 Å². The summed E-state index contributed by atoms with van der Waals surface area (Å²) in [6, 6.07) is 5.56. The zero-order valence-electron chi connectivity index (χ0n) is 12.3. The van der Waals surface area contributed by atoms with Crippen LogP contribution in [-0.2, 0) is 12.8 Å². The number of aromatic nitrogens is 1. The maximum Gasteiger partial charge on any atom is 0.137 e. The predicted octanol–water partition coefficient (Wildman–Crippen LogP) is 4.51. The third kappa shape index (κ3) is 5.16. The molecule has 0 aliphatic carbocycles. The summed E-state index contributed by atoms with van der Waals surface area (Å²) in [5, 5.41) is 6.79. The van der Waals surface area contributed by atoms with Crippen LogP contribution in [0.5, 0.6) is 0 Å². The van der Waals surface area contributed by atoms with Gasteiger partial charge in [-0.25, -0.2) is 9.37 Å². The lowest BCUT2D eigenvalue weighted by Crippen LogP contribution is -2.34. The van der Waals surface area contributed by atoms with Crippen LogP contribution >= 0.6 is 27.3 Å². The predicted molar refractivity (Wildman–Crippen MR) is 90.4 cm³/mol. The number of nitrogens with one attached hydrogen (secondary N) is 1. The van der Waals surface area contributed by atoms with E-state index < -0.39 is 0 Å². The van der Waals surface area contributed by atoms with E-state index in [0.717, 1.165) is 42.1 Å². The van der Waals surface area contributed by atoms with Crippen molar-refractivity contribution < 1.29 is 4.39 Å². The molecule has 1 aromatic carbocycles. The number of halogens is 2. The van der Waals surface area contributed by atoms with Gasteiger partial charge >= 0.3 is 0 Å². The molecule has 0 saturated heterocycles. The molecule has 5 heteroatoms. The minimum atomic E-state index is -0.216. The van der Waals surface area contributed by atoms with Crippen LogP contribution in [0.4, 0.5) is 4.39 Å². The topological polar surface area (TPSA) is 24.9 Å². The SMILES string of the molecule is CCCNC(Cc1ccc(F)c(Br)c1)Cc1csc(C)n1. The van der Waals surface area contributed by atoms with Crippen molar-refractivity contribution in [1.82, 2.24) is 10.3 Å². The van der Waals surface area contributed by atoms with Crippen molar-refractivity contribution in [2.24, 2.45) is 0 Å². The Morgan fingerprint density at radius 1 is 1.38 bits per heavy atom. The average Bonchev–Trinajstić information content (AvgIpc) is 2.85. The van der Waals surface area contributed by atoms with Gasteiger partial charge in [0.05, 0.1) is 15.2 Å². The summed E-state index contributed by atoms with van der Waals surface area (Å²) in [7, 11) is 0. The van der Waals surface area contributed by atoms with Gasteiger partial charge in [0.1, 0.15) is 5.82 Å². The Balaban J connectivity index is 2.06. The maximum atomic E-state index is 13.3. The molecule has 2 rings (SSSR count). The molecule has 0 bridgehead atoms. The van der Waals surface area contributed by atoms with Gasteiger partial charge in [0.25, 0.3) is 0 Å². The highest BCUT2D eigenvalue weighted by Crippen LogP contribution is 2.19. The second-order valence-electron chi connectivity index (χ2n) is 5.17. The van der Waals surface area contributed by atoms with Crippen molar-refractivity contribution in [3.8, 4) is 0 Å². The highest BCUT2D eigenvalue weighted by molar-refractivity contribution is 9.10. The molecule has 1 atom stereocenters. The van der Waals surface area contributed by atoms with Crippen LogP contribution in [0, 0.1) is 12.7 Å². The number of hydrogen-bond donors (Lipinski definition) is 1. The molecule has 1 aromatic heterocycles. The van der Waals surface area contributed by atoms with E-state index in [0.29, 0.717) is 10.5 Å². The summed E-state index contributed by atoms with van der Waals surface area (Å²) >= 11 is 4.94. The zero-order chi connectivity index (χ0) is 15.2. The maximum absolute atomic E-state index is 13.3. The fraction of sp³-hybridized carbons (Fsp3) is 0.438. The third-order valence-electron chi connectivity index (χ3n) is 3.27. The number of thiazole rings is 1. The first-order chi connectivity index (χ1) is 10.1. The molecule has 2 nitrogen and oxygen atoms in total. The summed E-state index contributed by atoms with van der Waals surface area (Å²) in [6.45, 7) is 5.17. The van der Waals surface area contributed by atoms with E-state index in [4.69, 9.17) is 0 Å². The Morgan fingerprint density at radius 3 is 2.81 bits per heavy atom. The summed E-state index contributed by atoms with van der Waals surface area (Å²) in [6.07, 6.45) is 2.87. The minimum Gasteiger partial charge on any atom is -0.313 e. The molecule has 0 saturated carbocycles. The Hall–Kier alpha value is -0.780. The Kier molecular flexibility index (Phi) is 6.33. The van der Waals surface area contributed by atoms with Gasteiger partial charge in [-0.2, -0.15) is 0 Å². The quantitative estimate of drug-likeness (QED) is 0.775. The van der Waals surface area contributed by atoms with Gasteiger partial charge in [-0.3, -0.25) is 0 Å². The molecular weight excluding hydrogens is 351 g/mol. The first-order valence-electron chi connectivity index (χ1n) is 7.16. The van der Waals surface area contributed by atoms with Crippen molar-refractivity contribution >= 4 is 27.3 Å². The van der Waals surface area contributed by atoms with Crippen LogP contribution < -0.4 is 5.32 Å². The van der Waals surface area contributed by atoms with Gasteiger partial charge in [-0.15, -0.1) is 11.3 Å². The largest absolute Gasteiger partial charge is 0.313 e. The third-order valence-corrected chi connectivity index (χ3v) is 4.70. The van der Waals surface area contributed by atoms with E-state index >= 15 is 0 Å². The lowest BCUT2D eigenvalue weighted by Gasteiger charge is -2.18. The lowest BCUT2D eigenvalue weighted by molar-refractivity contribution is 0.500. The van der Waals surface area contributed by atoms with E-state index in [9.17, 15) is 4.39 Å². The first-order valence-corrected chi connectivity index (χ1v) is 8.84. The monoisotopic (exact) mass is 370 g/mol. The van der Waals surface area contributed by atoms with E-state index in [1.807, 2.05) is 19.1 Å². The van der Waals surface area contributed by atoms with Crippen molar-refractivity contribution in [2.75, 3.05) is 6.54 Å². The lowest BCUT2D eigenvalue weighted by atomic mass is 10.0. The molecule has 0 aliphatic heterocycles. The smallest absolute Gasteiger partial charge is 0.137 e. The van der Waals surface area contributed by atoms with E-state index in [1.54, 1.807) is 11.3 Å². The van der Waals surface area contributed by atoms with Gasteiger partial charge in [0, 0.05) is 17.8 Å². The molecule has 0 aliphatic rings. The second-order valence-corrected chi connectivity index (χ2v) is 7.08. The number of hydrogen-bond acceptors (Lipinski definition) is 3. The average molecular weight is 371 g/mol. The summed E-state index contributed by atoms with van der Waals surface area (Å²) in [4.78, 5) is 4.54. The number of nitrogens with zero attached hydrogens (tertiary/aromatic N) is 1. The van der Waals surface area contributed by atoms with E-state index in [-0.39, 0.29) is 5.82 Å². The van der Waals surface area contributed by atoms with Crippen LogP contribution in [0.3, 0.4) is 0 Å². The Bertz CT molecular complexity index is 585. The minimum absolute atomic E-state index is 0.216. The van der Waals surface area contributed by atoms with Crippen LogP contribution in [0.1, 0.15) is 29.6 Å². The summed E-state index contributed by atoms with van der Waals surface area (Å²) in [5.74, 6) is -0.216. The molecule has 21 heavy (non-hydrogen) atoms. The Labute approximate surface area is 137 Å². The molecule has 1 N–H and O–H groups in total. The van der Waals surface area contributed by atoms with E-state index in [2.05, 4.69) is 38.5 Å². The van der Waals surface area contributed by atoms with Gasteiger partial charge in [-0.05, 0) is 59.9 Å². The van der Waals surface area contributed by atoms with Crippen molar-refractivity contribution in [3.05, 3.63) is 50.1 Å². The van der Waals surface area contributed by atoms with Crippen LogP contribution in [-0.4, -0.2) is 17.6 Å². The van der Waals surface area contributed by atoms with Gasteiger partial charge < -0.3 is 5.32 Å². The van der Waals surface area contributed by atoms with Crippen LogP contribution in [0.25, 0.3) is 0 Å². The number of benzene rings is 1. The van der Waals surface area contributed by atoms with Crippen LogP contribution in [0.15, 0.2) is 28.1 Å². The molecule has 0 spiro atoms. The van der Waals surface area contributed by atoms with Gasteiger partial charge in [-0.1, -0.05) is 13.0 Å². The van der Waals surface area contributed by atoms with Crippen molar-refractivity contribution in [1.29, 1.82) is 0 Å². The van der Waals surface area contributed by atoms with Crippen molar-refractivity contribution in [3.63, 3.8) is 0 Å². The van der Waals surface area contributed by atoms with Crippen LogP contribution in [0.2, 0.25) is 0 Å². The summed E-state index contributed by atoms with van der Waals surface area (Å²) < 4.78 is 13.8. The fourth-order valence-corrected chi connectivity index (χ4v) is 3.32. The molecule has 0 amide bonds. The van der Waals surface area contributed by atoms with Gasteiger partial charge in [0.15, 0.2) is 0 Å². The number of rotatable bonds is 7. The van der Waals surface area contributed by atoms with Gasteiger partial charge in [0.2, 0.25) is 0 Å². The second kappa shape index (κ2) is 8.01. The Morgan fingerprint density at radius 2 is 2.19 bits per heavy atom. The number of aryl methyl sites for hydroxylation is 1. The first kappa shape index (κ1) is 16.6. The fourth-order valence-electron chi connectivity index (χ4n) is 2.27. The van der Waals surface area contributed by atoms with Crippen molar-refractivity contribution in [2.45, 2.75) is 39.2 Å². The molecule has 2 aromatic rings. The standard InChI is InChI=1S/C16H20BrFN2S/c1-3-6-19-13(9-14-10-21-11(2)20-14)7-12-4-5-16(18)15(17)8-12/h4-5,8,10,13,19H,3,6-7,9H2,1-2H3. The molecular formula is C16H20BrFN2S. The molecule has 114 valence electrons. The highest BCUT2D eigenvalue weighted by atomic mass is 79.9. The normalized spacial score (nSPS) is 12.6. The highest BCUT2D eigenvalue weighted by Gasteiger charge is 2.13. The molecule has 1 unspecified atom stereocenters. The summed E-state index contributed by atoms with van der Waals surface area (Å²) in [5.41, 5.74) is 2.26. The molecule has 0 radical (unpaired) electrons. The zero-order valence-corrected chi connectivity index (χ0v) is 14.7. The molecule has 1 heterocycles.